The van der Waals surface area contributed by atoms with Gasteiger partial charge >= 0.3 is 6.03 Å². The minimum Gasteiger partial charge on any atom is -0.389 e. The Morgan fingerprint density at radius 3 is 3.05 bits per heavy atom. The Kier molecular flexibility index (Phi) is 4.92. The molecule has 2 amide bonds. The van der Waals surface area contributed by atoms with Crippen molar-refractivity contribution in [2.75, 3.05) is 20.3 Å². The Hall–Kier alpha value is -1.66. The molecular formula is C14H19N3O2S. The summed E-state index contributed by atoms with van der Waals surface area (Å²) in [5, 5.41) is 2.95. The third-order valence-electron chi connectivity index (χ3n) is 3.24. The number of thiocarbonyl (C=S) groups is 1. The first-order valence-corrected chi connectivity index (χ1v) is 6.95. The van der Waals surface area contributed by atoms with Crippen molar-refractivity contribution in [3.63, 3.8) is 0 Å². The van der Waals surface area contributed by atoms with E-state index in [1.807, 2.05) is 24.3 Å². The van der Waals surface area contributed by atoms with Crippen LogP contribution in [0.4, 0.5) is 4.79 Å². The highest BCUT2D eigenvalue weighted by molar-refractivity contribution is 7.80. The molecule has 0 aliphatic carbocycles. The van der Waals surface area contributed by atoms with Gasteiger partial charge in [0, 0.05) is 25.8 Å². The van der Waals surface area contributed by atoms with Crippen molar-refractivity contribution in [2.45, 2.75) is 19.0 Å². The number of carbonyl (C=O) groups excluding carboxylic acids is 1. The Morgan fingerprint density at radius 1 is 1.60 bits per heavy atom. The van der Waals surface area contributed by atoms with Crippen molar-refractivity contribution in [3.05, 3.63) is 35.4 Å². The van der Waals surface area contributed by atoms with Crippen molar-refractivity contribution >= 4 is 23.2 Å². The van der Waals surface area contributed by atoms with Gasteiger partial charge in [0.25, 0.3) is 0 Å². The van der Waals surface area contributed by atoms with E-state index in [1.54, 1.807) is 11.9 Å². The molecule has 20 heavy (non-hydrogen) atoms. The standard InChI is InChI=1S/C14H19N3O2S/c1-17(14(18)16-12-5-6-19-9-12)8-10-3-2-4-11(7-10)13(15)20/h2-4,7,12H,5-6,8-9H2,1H3,(H2,15,20)(H,16,18). The fourth-order valence-electron chi connectivity index (χ4n) is 2.10. The van der Waals surface area contributed by atoms with Crippen molar-refractivity contribution in [1.82, 2.24) is 10.2 Å². The second kappa shape index (κ2) is 6.67. The molecule has 0 spiro atoms. The summed E-state index contributed by atoms with van der Waals surface area (Å²) in [5.74, 6) is 0. The van der Waals surface area contributed by atoms with Crippen LogP contribution in [0.1, 0.15) is 17.5 Å². The largest absolute Gasteiger partial charge is 0.389 e. The average molecular weight is 293 g/mol. The van der Waals surface area contributed by atoms with Gasteiger partial charge in [-0.3, -0.25) is 0 Å². The zero-order valence-electron chi connectivity index (χ0n) is 11.5. The summed E-state index contributed by atoms with van der Waals surface area (Å²) < 4.78 is 5.24. The molecule has 108 valence electrons. The van der Waals surface area contributed by atoms with Crippen molar-refractivity contribution in [2.24, 2.45) is 5.73 Å². The molecule has 1 aliphatic heterocycles. The van der Waals surface area contributed by atoms with E-state index < -0.39 is 0 Å². The molecule has 5 nitrogen and oxygen atoms in total. The maximum atomic E-state index is 12.0. The Bertz CT molecular complexity index is 501. The van der Waals surface area contributed by atoms with Gasteiger partial charge in [-0.25, -0.2) is 4.79 Å². The van der Waals surface area contributed by atoms with Gasteiger partial charge in [0.2, 0.25) is 0 Å². The Labute approximate surface area is 124 Å². The summed E-state index contributed by atoms with van der Waals surface area (Å²) in [6.07, 6.45) is 0.872. The molecule has 1 aromatic carbocycles. The molecule has 1 aliphatic rings. The third-order valence-corrected chi connectivity index (χ3v) is 3.47. The van der Waals surface area contributed by atoms with Gasteiger partial charge in [0.05, 0.1) is 12.6 Å². The van der Waals surface area contributed by atoms with Gasteiger partial charge in [0.1, 0.15) is 4.99 Å². The van der Waals surface area contributed by atoms with E-state index in [4.69, 9.17) is 22.7 Å². The number of ether oxygens (including phenoxy) is 1. The second-order valence-corrected chi connectivity index (χ2v) is 5.37. The fraction of sp³-hybridized carbons (Fsp3) is 0.429. The van der Waals surface area contributed by atoms with Crippen molar-refractivity contribution in [1.29, 1.82) is 0 Å². The van der Waals surface area contributed by atoms with Crippen LogP contribution < -0.4 is 11.1 Å². The van der Waals surface area contributed by atoms with Crippen LogP contribution in [0, 0.1) is 0 Å². The van der Waals surface area contributed by atoms with E-state index in [9.17, 15) is 4.79 Å². The highest BCUT2D eigenvalue weighted by Gasteiger charge is 2.19. The molecule has 0 bridgehead atoms. The van der Waals surface area contributed by atoms with Crippen LogP contribution in [0.5, 0.6) is 0 Å². The van der Waals surface area contributed by atoms with Crippen LogP contribution in [0.15, 0.2) is 24.3 Å². The summed E-state index contributed by atoms with van der Waals surface area (Å²) in [6.45, 7) is 1.82. The summed E-state index contributed by atoms with van der Waals surface area (Å²) in [6, 6.07) is 7.63. The van der Waals surface area contributed by atoms with E-state index in [-0.39, 0.29) is 12.1 Å². The summed E-state index contributed by atoms with van der Waals surface area (Å²) in [7, 11) is 1.76. The quantitative estimate of drug-likeness (QED) is 0.820. The summed E-state index contributed by atoms with van der Waals surface area (Å²) in [4.78, 5) is 14.0. The highest BCUT2D eigenvalue weighted by atomic mass is 32.1. The Morgan fingerprint density at radius 2 is 2.40 bits per heavy atom. The maximum absolute atomic E-state index is 12.0. The van der Waals surface area contributed by atoms with Crippen LogP contribution in [0.25, 0.3) is 0 Å². The molecule has 6 heteroatoms. The molecule has 1 fully saturated rings. The van der Waals surface area contributed by atoms with Gasteiger partial charge < -0.3 is 20.7 Å². The molecule has 1 saturated heterocycles. The molecule has 1 unspecified atom stereocenters. The molecule has 3 N–H and O–H groups in total. The van der Waals surface area contributed by atoms with Crippen LogP contribution in [0.3, 0.4) is 0 Å². The first kappa shape index (κ1) is 14.7. The fourth-order valence-corrected chi connectivity index (χ4v) is 2.23. The molecular weight excluding hydrogens is 274 g/mol. The minimum absolute atomic E-state index is 0.0961. The second-order valence-electron chi connectivity index (χ2n) is 4.93. The SMILES string of the molecule is CN(Cc1cccc(C(N)=S)c1)C(=O)NC1CCOC1. The first-order valence-electron chi connectivity index (χ1n) is 6.54. The van der Waals surface area contributed by atoms with E-state index in [0.29, 0.717) is 24.7 Å². The van der Waals surface area contributed by atoms with Crippen molar-refractivity contribution in [3.8, 4) is 0 Å². The highest BCUT2D eigenvalue weighted by Crippen LogP contribution is 2.09. The van der Waals surface area contributed by atoms with Gasteiger partial charge in [-0.2, -0.15) is 0 Å². The lowest BCUT2D eigenvalue weighted by Crippen LogP contribution is -2.43. The number of benzene rings is 1. The molecule has 0 aromatic heterocycles. The predicted octanol–water partition coefficient (Wildman–Crippen LogP) is 1.25. The topological polar surface area (TPSA) is 67.6 Å². The zero-order valence-corrected chi connectivity index (χ0v) is 12.3. The lowest BCUT2D eigenvalue weighted by Gasteiger charge is -2.20. The molecule has 2 rings (SSSR count). The van der Waals surface area contributed by atoms with Gasteiger partial charge in [0.15, 0.2) is 0 Å². The summed E-state index contributed by atoms with van der Waals surface area (Å²) in [5.41, 5.74) is 7.42. The van der Waals surface area contributed by atoms with Crippen LogP contribution >= 0.6 is 12.2 Å². The van der Waals surface area contributed by atoms with Crippen LogP contribution in [0.2, 0.25) is 0 Å². The van der Waals surface area contributed by atoms with E-state index in [2.05, 4.69) is 5.32 Å². The molecule has 0 radical (unpaired) electrons. The van der Waals surface area contributed by atoms with Crippen LogP contribution in [-0.4, -0.2) is 42.2 Å². The molecule has 1 heterocycles. The number of nitrogens with one attached hydrogen (secondary N) is 1. The maximum Gasteiger partial charge on any atom is 0.317 e. The Balaban J connectivity index is 1.92. The van der Waals surface area contributed by atoms with Gasteiger partial charge in [-0.05, 0) is 18.1 Å². The zero-order chi connectivity index (χ0) is 14.5. The lowest BCUT2D eigenvalue weighted by atomic mass is 10.1. The molecule has 1 aromatic rings. The monoisotopic (exact) mass is 293 g/mol. The predicted molar refractivity (Wildman–Crippen MR) is 81.6 cm³/mol. The van der Waals surface area contributed by atoms with Gasteiger partial charge in [-0.15, -0.1) is 0 Å². The van der Waals surface area contributed by atoms with Gasteiger partial charge in [-0.1, -0.05) is 30.4 Å². The first-order chi connectivity index (χ1) is 9.56. The number of amides is 2. The van der Waals surface area contributed by atoms with Crippen LogP contribution in [-0.2, 0) is 11.3 Å². The third kappa shape index (κ3) is 3.91. The number of carbonyl (C=O) groups is 1. The smallest absolute Gasteiger partial charge is 0.317 e. The van der Waals surface area contributed by atoms with Crippen molar-refractivity contribution < 1.29 is 9.53 Å². The summed E-state index contributed by atoms with van der Waals surface area (Å²) >= 11 is 4.95. The van der Waals surface area contributed by atoms with E-state index in [0.717, 1.165) is 17.5 Å². The minimum atomic E-state index is -0.0961. The van der Waals surface area contributed by atoms with E-state index in [1.165, 1.54) is 0 Å². The average Bonchev–Trinajstić information content (AvgIpc) is 2.91. The molecule has 0 saturated carbocycles. The number of nitrogens with two attached hydrogens (primary N) is 1. The lowest BCUT2D eigenvalue weighted by molar-refractivity contribution is 0.181. The number of rotatable bonds is 4. The number of hydrogen-bond donors (Lipinski definition) is 2. The number of nitrogens with zero attached hydrogens (tertiary/aromatic N) is 1. The molecule has 1 atom stereocenters. The normalized spacial score (nSPS) is 17.8. The number of hydrogen-bond acceptors (Lipinski definition) is 3. The number of urea groups is 1. The van der Waals surface area contributed by atoms with E-state index >= 15 is 0 Å².